The Hall–Kier alpha value is -7.14. The molecule has 56 heavy (non-hydrogen) atoms. The van der Waals surface area contributed by atoms with Crippen LogP contribution in [-0.2, 0) is 0 Å². The number of hydrogen-bond donors (Lipinski definition) is 0. The molecule has 260 valence electrons. The fraction of sp³-hybridized carbons (Fsp3) is 0. The zero-order chi connectivity index (χ0) is 36.7. The fourth-order valence-corrected chi connectivity index (χ4v) is 10.3. The Balaban J connectivity index is 1.11. The van der Waals surface area contributed by atoms with Gasteiger partial charge in [0.05, 0.1) is 22.4 Å². The van der Waals surface area contributed by atoms with E-state index in [1.165, 1.54) is 74.3 Å². The van der Waals surface area contributed by atoms with E-state index < -0.39 is 0 Å². The molecule has 0 aliphatic rings. The van der Waals surface area contributed by atoms with Crippen LogP contribution in [0.25, 0.3) is 114 Å². The van der Waals surface area contributed by atoms with Crippen molar-refractivity contribution in [1.82, 2.24) is 14.5 Å². The maximum atomic E-state index is 5.42. The van der Waals surface area contributed by atoms with Crippen molar-refractivity contribution in [1.29, 1.82) is 0 Å². The maximum Gasteiger partial charge on any atom is 0.160 e. The molecule has 0 saturated heterocycles. The van der Waals surface area contributed by atoms with Crippen molar-refractivity contribution in [2.24, 2.45) is 0 Å². The molecule has 0 unspecified atom stereocenters. The summed E-state index contributed by atoms with van der Waals surface area (Å²) in [5.74, 6) is 0.715. The Kier molecular flexibility index (Phi) is 6.80. The van der Waals surface area contributed by atoms with E-state index in [1.54, 1.807) is 0 Å². The lowest BCUT2D eigenvalue weighted by atomic mass is 9.93. The predicted molar refractivity (Wildman–Crippen MR) is 238 cm³/mol. The van der Waals surface area contributed by atoms with Crippen molar-refractivity contribution < 1.29 is 0 Å². The molecule has 0 saturated carbocycles. The average Bonchev–Trinajstić information content (AvgIpc) is 3.83. The Morgan fingerprint density at radius 1 is 0.357 bits per heavy atom. The molecule has 0 spiro atoms. The monoisotopic (exact) mass is 729 g/mol. The molecule has 9 aromatic carbocycles. The number of benzene rings is 9. The molecule has 0 amide bonds. The molecule has 0 aliphatic carbocycles. The quantitative estimate of drug-likeness (QED) is 0.169. The Morgan fingerprint density at radius 2 is 0.929 bits per heavy atom. The second-order valence-corrected chi connectivity index (χ2v) is 15.5. The van der Waals surface area contributed by atoms with Crippen LogP contribution in [0.1, 0.15) is 0 Å². The second-order valence-electron chi connectivity index (χ2n) is 14.5. The second kappa shape index (κ2) is 12.2. The molecular weight excluding hydrogens is 699 g/mol. The summed E-state index contributed by atoms with van der Waals surface area (Å²) in [6.45, 7) is 0. The van der Waals surface area contributed by atoms with Gasteiger partial charge in [-0.3, -0.25) is 0 Å². The highest BCUT2D eigenvalue weighted by molar-refractivity contribution is 7.27. The van der Waals surface area contributed by atoms with Gasteiger partial charge in [-0.1, -0.05) is 152 Å². The number of rotatable bonds is 4. The highest BCUT2D eigenvalue weighted by Gasteiger charge is 2.20. The highest BCUT2D eigenvalue weighted by atomic mass is 32.1. The van der Waals surface area contributed by atoms with Crippen LogP contribution in [0.2, 0.25) is 0 Å². The third-order valence-corrected chi connectivity index (χ3v) is 12.7. The van der Waals surface area contributed by atoms with Crippen molar-refractivity contribution in [3.63, 3.8) is 0 Å². The number of thiophene rings is 1. The number of nitrogens with zero attached hydrogens (tertiary/aromatic N) is 3. The lowest BCUT2D eigenvalue weighted by Gasteiger charge is -2.13. The summed E-state index contributed by atoms with van der Waals surface area (Å²) in [6.07, 6.45) is 0. The Bertz CT molecular complexity index is 3490. The zero-order valence-corrected chi connectivity index (χ0v) is 31.0. The van der Waals surface area contributed by atoms with E-state index in [2.05, 4.69) is 193 Å². The van der Waals surface area contributed by atoms with E-state index in [0.29, 0.717) is 5.82 Å². The van der Waals surface area contributed by atoms with Crippen LogP contribution in [0.3, 0.4) is 0 Å². The Morgan fingerprint density at radius 3 is 1.68 bits per heavy atom. The first-order valence-corrected chi connectivity index (χ1v) is 19.8. The fourth-order valence-electron chi connectivity index (χ4n) is 8.88. The van der Waals surface area contributed by atoms with Gasteiger partial charge in [0, 0.05) is 53.3 Å². The van der Waals surface area contributed by atoms with Crippen molar-refractivity contribution in [2.45, 2.75) is 0 Å². The van der Waals surface area contributed by atoms with E-state index >= 15 is 0 Å². The summed E-state index contributed by atoms with van der Waals surface area (Å²) >= 11 is 1.87. The largest absolute Gasteiger partial charge is 0.309 e. The number of aromatic nitrogens is 3. The zero-order valence-electron chi connectivity index (χ0n) is 30.1. The van der Waals surface area contributed by atoms with Gasteiger partial charge in [0.2, 0.25) is 0 Å². The van der Waals surface area contributed by atoms with Crippen molar-refractivity contribution in [3.05, 3.63) is 188 Å². The van der Waals surface area contributed by atoms with Gasteiger partial charge in [0.15, 0.2) is 5.82 Å². The first-order valence-electron chi connectivity index (χ1n) is 19.0. The molecule has 0 bridgehead atoms. The molecule has 3 nitrogen and oxygen atoms in total. The molecule has 12 aromatic rings. The van der Waals surface area contributed by atoms with Crippen molar-refractivity contribution in [2.75, 3.05) is 0 Å². The third-order valence-electron chi connectivity index (χ3n) is 11.4. The molecule has 0 aliphatic heterocycles. The molecule has 0 N–H and O–H groups in total. The van der Waals surface area contributed by atoms with Gasteiger partial charge in [-0.2, -0.15) is 0 Å². The van der Waals surface area contributed by atoms with Gasteiger partial charge in [-0.25, -0.2) is 9.97 Å². The summed E-state index contributed by atoms with van der Waals surface area (Å²) in [5, 5.41) is 12.5. The molecule has 3 heterocycles. The minimum Gasteiger partial charge on any atom is -0.309 e. The SMILES string of the molecule is c1ccc(-c2cc(-c3cccc4c3sc3c4ccc4c3c3ccccc3n4-c3ccccc3)nc(-c3ccc4c5ccccc5c5ccccc5c4c3)n2)cc1. The van der Waals surface area contributed by atoms with Crippen LogP contribution in [0.5, 0.6) is 0 Å². The van der Waals surface area contributed by atoms with Gasteiger partial charge >= 0.3 is 0 Å². The molecular formula is C52H31N3S. The number of fused-ring (bicyclic) bond motifs is 13. The van der Waals surface area contributed by atoms with Crippen LogP contribution >= 0.6 is 11.3 Å². The standard InChI is InChI=1S/C52H31N3S/c1-3-14-32(15-4-1)45-31-46(54-52(53-45)33-26-27-39-37-20-8-7-18-35(37)36-19-9-10-21-38(36)44(39)30-33)42-24-13-23-40-41-28-29-48-49(51(41)56-50(40)42)43-22-11-12-25-47(43)55(48)34-16-5-2-6-17-34/h1-31H. The van der Waals surface area contributed by atoms with E-state index in [0.717, 1.165) is 33.8 Å². The van der Waals surface area contributed by atoms with Crippen LogP contribution in [0.4, 0.5) is 0 Å². The first kappa shape index (κ1) is 31.2. The number of hydrogen-bond acceptors (Lipinski definition) is 3. The predicted octanol–water partition coefficient (Wildman–Crippen LogP) is 14.4. The van der Waals surface area contributed by atoms with Crippen LogP contribution in [0, 0.1) is 0 Å². The van der Waals surface area contributed by atoms with Gasteiger partial charge in [0.1, 0.15) is 0 Å². The normalized spacial score (nSPS) is 11.9. The third kappa shape index (κ3) is 4.63. The summed E-state index contributed by atoms with van der Waals surface area (Å²) < 4.78 is 4.92. The smallest absolute Gasteiger partial charge is 0.160 e. The van der Waals surface area contributed by atoms with Gasteiger partial charge in [0.25, 0.3) is 0 Å². The molecule has 3 aromatic heterocycles. The Labute approximate surface area is 326 Å². The molecule has 0 atom stereocenters. The van der Waals surface area contributed by atoms with Gasteiger partial charge < -0.3 is 4.57 Å². The van der Waals surface area contributed by atoms with Crippen LogP contribution in [0.15, 0.2) is 188 Å². The van der Waals surface area contributed by atoms with E-state index in [9.17, 15) is 0 Å². The van der Waals surface area contributed by atoms with Gasteiger partial charge in [-0.15, -0.1) is 11.3 Å². The molecule has 4 heteroatoms. The average molecular weight is 730 g/mol. The summed E-state index contributed by atoms with van der Waals surface area (Å²) in [7, 11) is 0. The van der Waals surface area contributed by atoms with Crippen LogP contribution in [-0.4, -0.2) is 14.5 Å². The first-order chi connectivity index (χ1) is 27.8. The maximum absolute atomic E-state index is 5.42. The molecule has 0 fully saturated rings. The number of para-hydroxylation sites is 2. The minimum atomic E-state index is 0.715. The van der Waals surface area contributed by atoms with E-state index in [1.807, 2.05) is 11.3 Å². The van der Waals surface area contributed by atoms with Crippen molar-refractivity contribution >= 4 is 85.6 Å². The lowest BCUT2D eigenvalue weighted by molar-refractivity contribution is 1.18. The minimum absolute atomic E-state index is 0.715. The topological polar surface area (TPSA) is 30.7 Å². The van der Waals surface area contributed by atoms with E-state index in [-0.39, 0.29) is 0 Å². The summed E-state index contributed by atoms with van der Waals surface area (Å²) in [6, 6.07) is 67.6. The lowest BCUT2D eigenvalue weighted by Crippen LogP contribution is -1.96. The van der Waals surface area contributed by atoms with E-state index in [4.69, 9.17) is 9.97 Å². The molecule has 0 radical (unpaired) electrons. The highest BCUT2D eigenvalue weighted by Crippen LogP contribution is 2.46. The van der Waals surface area contributed by atoms with Gasteiger partial charge in [-0.05, 0) is 68.7 Å². The van der Waals surface area contributed by atoms with Crippen LogP contribution < -0.4 is 0 Å². The molecule has 12 rings (SSSR count). The van der Waals surface area contributed by atoms with Crippen molar-refractivity contribution in [3.8, 4) is 39.6 Å². The summed E-state index contributed by atoms with van der Waals surface area (Å²) in [4.78, 5) is 10.7. The summed E-state index contributed by atoms with van der Waals surface area (Å²) in [5.41, 5.74) is 8.58.